The maximum Gasteiger partial charge on any atom is 0.322 e. The number of urea groups is 1. The Kier molecular flexibility index (Phi) is 4.48. The van der Waals surface area contributed by atoms with E-state index in [1.807, 2.05) is 4.90 Å². The fraction of sp³-hybridized carbons (Fsp3) is 0.333. The number of benzene rings is 1. The summed E-state index contributed by atoms with van der Waals surface area (Å²) in [4.78, 5) is 27.2. The van der Waals surface area contributed by atoms with Gasteiger partial charge in [0, 0.05) is 22.7 Å². The topological polar surface area (TPSA) is 49.4 Å². The molecule has 2 aromatic rings. The average Bonchev–Trinajstić information content (AvgIpc) is 3.02. The van der Waals surface area contributed by atoms with E-state index < -0.39 is 0 Å². The van der Waals surface area contributed by atoms with Gasteiger partial charge in [0.05, 0.1) is 6.04 Å². The van der Waals surface area contributed by atoms with Crippen LogP contribution in [-0.4, -0.2) is 23.3 Å². The number of ketones is 1. The van der Waals surface area contributed by atoms with Crippen LogP contribution in [0.2, 0.25) is 0 Å². The van der Waals surface area contributed by atoms with Gasteiger partial charge in [-0.05, 0) is 61.0 Å². The van der Waals surface area contributed by atoms with Crippen LogP contribution < -0.4 is 5.32 Å². The Morgan fingerprint density at radius 3 is 2.65 bits per heavy atom. The van der Waals surface area contributed by atoms with Gasteiger partial charge >= 0.3 is 6.03 Å². The second-order valence-corrected chi connectivity index (χ2v) is 6.73. The Bertz CT molecular complexity index is 721. The predicted molar refractivity (Wildman–Crippen MR) is 93.2 cm³/mol. The van der Waals surface area contributed by atoms with Crippen molar-refractivity contribution < 1.29 is 9.59 Å². The number of carbonyl (C=O) groups excluding carboxylic acids is 2. The number of fused-ring (bicyclic) bond motifs is 1. The van der Waals surface area contributed by atoms with Crippen LogP contribution in [0.4, 0.5) is 10.5 Å². The van der Waals surface area contributed by atoms with Crippen LogP contribution >= 0.6 is 11.3 Å². The zero-order valence-electron chi connectivity index (χ0n) is 13.3. The largest absolute Gasteiger partial charge is 0.322 e. The molecule has 0 radical (unpaired) electrons. The summed E-state index contributed by atoms with van der Waals surface area (Å²) in [6, 6.07) is 9.22. The fourth-order valence-corrected chi connectivity index (χ4v) is 3.99. The first-order valence-corrected chi connectivity index (χ1v) is 8.73. The first-order valence-electron chi connectivity index (χ1n) is 7.85. The van der Waals surface area contributed by atoms with E-state index in [1.54, 1.807) is 35.6 Å². The number of hydrogen-bond acceptors (Lipinski definition) is 3. The van der Waals surface area contributed by atoms with E-state index in [4.69, 9.17) is 0 Å². The van der Waals surface area contributed by atoms with Crippen molar-refractivity contribution in [1.82, 2.24) is 4.90 Å². The molecule has 5 heteroatoms. The molecule has 0 saturated carbocycles. The molecule has 1 aromatic carbocycles. The standard InChI is InChI=1S/C18H20N2O2S/c1-3-16-15-9-11-23-17(15)8-10-20(16)18(22)19-14-6-4-13(5-7-14)12(2)21/h4-7,9,11,16H,3,8,10H2,1-2H3,(H,19,22). The molecule has 2 heterocycles. The van der Waals surface area contributed by atoms with Crippen LogP contribution in [0.1, 0.15) is 47.1 Å². The smallest absolute Gasteiger partial charge is 0.317 e. The Morgan fingerprint density at radius 2 is 2.00 bits per heavy atom. The van der Waals surface area contributed by atoms with Gasteiger partial charge in [-0.1, -0.05) is 6.92 Å². The molecular weight excluding hydrogens is 308 g/mol. The van der Waals surface area contributed by atoms with Crippen molar-refractivity contribution in [3.05, 3.63) is 51.7 Å². The molecule has 1 aliphatic heterocycles. The molecule has 0 fully saturated rings. The Hall–Kier alpha value is -2.14. The van der Waals surface area contributed by atoms with E-state index in [2.05, 4.69) is 23.7 Å². The summed E-state index contributed by atoms with van der Waals surface area (Å²) in [7, 11) is 0. The van der Waals surface area contributed by atoms with Gasteiger partial charge in [-0.25, -0.2) is 4.79 Å². The van der Waals surface area contributed by atoms with E-state index in [1.165, 1.54) is 17.4 Å². The number of rotatable bonds is 3. The summed E-state index contributed by atoms with van der Waals surface area (Å²) < 4.78 is 0. The quantitative estimate of drug-likeness (QED) is 0.844. The second kappa shape index (κ2) is 6.54. The molecule has 23 heavy (non-hydrogen) atoms. The summed E-state index contributed by atoms with van der Waals surface area (Å²) in [6.45, 7) is 4.38. The number of thiophene rings is 1. The second-order valence-electron chi connectivity index (χ2n) is 5.73. The first-order chi connectivity index (χ1) is 11.1. The lowest BCUT2D eigenvalue weighted by atomic mass is 9.98. The highest BCUT2D eigenvalue weighted by atomic mass is 32.1. The van der Waals surface area contributed by atoms with Crippen molar-refractivity contribution in [3.63, 3.8) is 0 Å². The molecule has 4 nitrogen and oxygen atoms in total. The maximum atomic E-state index is 12.6. The lowest BCUT2D eigenvalue weighted by Crippen LogP contribution is -2.41. The summed E-state index contributed by atoms with van der Waals surface area (Å²) in [5.41, 5.74) is 2.65. The van der Waals surface area contributed by atoms with Crippen LogP contribution in [0.25, 0.3) is 0 Å². The van der Waals surface area contributed by atoms with Gasteiger partial charge in [-0.2, -0.15) is 0 Å². The van der Waals surface area contributed by atoms with Crippen LogP contribution in [0.5, 0.6) is 0 Å². The number of carbonyl (C=O) groups is 2. The first kappa shape index (κ1) is 15.7. The maximum absolute atomic E-state index is 12.6. The third-order valence-electron chi connectivity index (χ3n) is 4.29. The molecule has 2 amide bonds. The van der Waals surface area contributed by atoms with E-state index in [9.17, 15) is 9.59 Å². The number of anilines is 1. The minimum atomic E-state index is -0.0794. The summed E-state index contributed by atoms with van der Waals surface area (Å²) >= 11 is 1.78. The molecule has 1 aliphatic rings. The van der Waals surface area contributed by atoms with Gasteiger partial charge in [0.2, 0.25) is 0 Å². The van der Waals surface area contributed by atoms with Crippen molar-refractivity contribution in [2.75, 3.05) is 11.9 Å². The molecule has 1 unspecified atom stereocenters. The Morgan fingerprint density at radius 1 is 1.26 bits per heavy atom. The molecule has 120 valence electrons. The van der Waals surface area contributed by atoms with Crippen molar-refractivity contribution in [2.24, 2.45) is 0 Å². The summed E-state index contributed by atoms with van der Waals surface area (Å²) in [5.74, 6) is 0.0231. The number of nitrogens with zero attached hydrogens (tertiary/aromatic N) is 1. The SMILES string of the molecule is CCC1c2ccsc2CCN1C(=O)Nc1ccc(C(C)=O)cc1. The minimum Gasteiger partial charge on any atom is -0.317 e. The zero-order valence-corrected chi connectivity index (χ0v) is 14.2. The third kappa shape index (κ3) is 3.15. The van der Waals surface area contributed by atoms with Crippen molar-refractivity contribution in [1.29, 1.82) is 0 Å². The molecule has 1 aromatic heterocycles. The van der Waals surface area contributed by atoms with Gasteiger partial charge in [0.25, 0.3) is 0 Å². The molecule has 3 rings (SSSR count). The van der Waals surface area contributed by atoms with E-state index in [-0.39, 0.29) is 17.9 Å². The summed E-state index contributed by atoms with van der Waals surface area (Å²) in [5, 5.41) is 5.05. The van der Waals surface area contributed by atoms with E-state index in [0.29, 0.717) is 11.3 Å². The van der Waals surface area contributed by atoms with E-state index in [0.717, 1.165) is 19.4 Å². The van der Waals surface area contributed by atoms with Crippen LogP contribution in [0.15, 0.2) is 35.7 Å². The average molecular weight is 328 g/mol. The number of nitrogens with one attached hydrogen (secondary N) is 1. The lowest BCUT2D eigenvalue weighted by Gasteiger charge is -2.35. The Labute approximate surface area is 140 Å². The van der Waals surface area contributed by atoms with Crippen molar-refractivity contribution >= 4 is 28.8 Å². The van der Waals surface area contributed by atoms with Gasteiger partial charge in [-0.15, -0.1) is 11.3 Å². The van der Waals surface area contributed by atoms with Crippen LogP contribution in [-0.2, 0) is 6.42 Å². The molecule has 0 bridgehead atoms. The van der Waals surface area contributed by atoms with E-state index >= 15 is 0 Å². The number of Topliss-reactive ketones (excluding diaryl/α,β-unsaturated/α-hetero) is 1. The monoisotopic (exact) mass is 328 g/mol. The van der Waals surface area contributed by atoms with Gasteiger partial charge in [-0.3, -0.25) is 4.79 Å². The molecule has 0 aliphatic carbocycles. The van der Waals surface area contributed by atoms with Gasteiger partial charge < -0.3 is 10.2 Å². The van der Waals surface area contributed by atoms with Crippen molar-refractivity contribution in [3.8, 4) is 0 Å². The zero-order chi connectivity index (χ0) is 16.4. The minimum absolute atomic E-state index is 0.0231. The third-order valence-corrected chi connectivity index (χ3v) is 5.28. The van der Waals surface area contributed by atoms with Crippen LogP contribution in [0.3, 0.4) is 0 Å². The predicted octanol–water partition coefficient (Wildman–Crippen LogP) is 4.49. The lowest BCUT2D eigenvalue weighted by molar-refractivity contribution is 0.101. The molecule has 0 saturated heterocycles. The Balaban J connectivity index is 1.74. The van der Waals surface area contributed by atoms with Gasteiger partial charge in [0.1, 0.15) is 0 Å². The molecule has 1 atom stereocenters. The van der Waals surface area contributed by atoms with Crippen molar-refractivity contribution in [2.45, 2.75) is 32.7 Å². The number of hydrogen-bond donors (Lipinski definition) is 1. The van der Waals surface area contributed by atoms with Crippen LogP contribution in [0, 0.1) is 0 Å². The molecular formula is C18H20N2O2S. The highest BCUT2D eigenvalue weighted by Crippen LogP contribution is 2.35. The fourth-order valence-electron chi connectivity index (χ4n) is 3.06. The highest BCUT2D eigenvalue weighted by Gasteiger charge is 2.30. The van der Waals surface area contributed by atoms with Gasteiger partial charge in [0.15, 0.2) is 5.78 Å². The molecule has 0 spiro atoms. The molecule has 1 N–H and O–H groups in total. The normalized spacial score (nSPS) is 16.8. The summed E-state index contributed by atoms with van der Waals surface area (Å²) in [6.07, 6.45) is 1.82. The number of amides is 2. The highest BCUT2D eigenvalue weighted by molar-refractivity contribution is 7.10.